The van der Waals surface area contributed by atoms with Crippen LogP contribution in [0.1, 0.15) is 13.3 Å². The van der Waals surface area contributed by atoms with Crippen molar-refractivity contribution in [3.63, 3.8) is 0 Å². The molecule has 0 amide bonds. The molecule has 33 heavy (non-hydrogen) atoms. The highest BCUT2D eigenvalue weighted by Gasteiger charge is 2.20. The quantitative estimate of drug-likeness (QED) is 0.412. The normalized spacial score (nSPS) is 17.2. The molecule has 5 rings (SSSR count). The van der Waals surface area contributed by atoms with Crippen LogP contribution in [-0.2, 0) is 9.84 Å². The van der Waals surface area contributed by atoms with Crippen molar-refractivity contribution in [3.05, 3.63) is 42.6 Å². The van der Waals surface area contributed by atoms with Crippen LogP contribution in [-0.4, -0.2) is 67.3 Å². The third-order valence-electron chi connectivity index (χ3n) is 5.75. The largest absolute Gasteiger partial charge is 0.477 e. The SMILES string of the molecule is C[C@H]1CN(c2cccc3oc(-c4cnc5ccc(OCCCS(C)(=O)=O)nn45)cc23)CCN1. The zero-order valence-corrected chi connectivity index (χ0v) is 19.5. The van der Waals surface area contributed by atoms with Crippen molar-refractivity contribution < 1.29 is 17.6 Å². The van der Waals surface area contributed by atoms with Crippen molar-refractivity contribution in [3.8, 4) is 17.3 Å². The van der Waals surface area contributed by atoms with E-state index in [2.05, 4.69) is 33.3 Å². The minimum Gasteiger partial charge on any atom is -0.477 e. The Morgan fingerprint density at radius 3 is 2.97 bits per heavy atom. The molecule has 174 valence electrons. The van der Waals surface area contributed by atoms with Gasteiger partial charge in [0.1, 0.15) is 21.1 Å². The fourth-order valence-electron chi connectivity index (χ4n) is 4.20. The van der Waals surface area contributed by atoms with Crippen LogP contribution in [0.4, 0.5) is 5.69 Å². The van der Waals surface area contributed by atoms with E-state index in [4.69, 9.17) is 9.15 Å². The van der Waals surface area contributed by atoms with E-state index < -0.39 is 9.84 Å². The number of imidazole rings is 1. The minimum absolute atomic E-state index is 0.0821. The summed E-state index contributed by atoms with van der Waals surface area (Å²) in [7, 11) is -3.01. The number of aromatic nitrogens is 3. The Bertz CT molecular complexity index is 1390. The van der Waals surface area contributed by atoms with Gasteiger partial charge < -0.3 is 19.4 Å². The van der Waals surface area contributed by atoms with E-state index in [9.17, 15) is 8.42 Å². The smallest absolute Gasteiger partial charge is 0.231 e. The van der Waals surface area contributed by atoms with Crippen molar-refractivity contribution in [1.82, 2.24) is 19.9 Å². The molecule has 1 aromatic carbocycles. The highest BCUT2D eigenvalue weighted by atomic mass is 32.2. The zero-order valence-electron chi connectivity index (χ0n) is 18.7. The number of rotatable bonds is 7. The molecule has 0 bridgehead atoms. The van der Waals surface area contributed by atoms with Crippen LogP contribution in [0.5, 0.6) is 5.88 Å². The number of benzene rings is 1. The minimum atomic E-state index is -3.01. The second kappa shape index (κ2) is 8.68. The Kier molecular flexibility index (Phi) is 5.71. The second-order valence-corrected chi connectivity index (χ2v) is 10.8. The summed E-state index contributed by atoms with van der Waals surface area (Å²) in [5.41, 5.74) is 3.37. The van der Waals surface area contributed by atoms with Crippen LogP contribution in [0.3, 0.4) is 0 Å². The van der Waals surface area contributed by atoms with Crippen LogP contribution < -0.4 is 15.0 Å². The van der Waals surface area contributed by atoms with Gasteiger partial charge in [-0.05, 0) is 37.6 Å². The molecule has 1 aliphatic heterocycles. The number of furan rings is 1. The van der Waals surface area contributed by atoms with Crippen LogP contribution in [0.25, 0.3) is 28.1 Å². The number of anilines is 1. The third kappa shape index (κ3) is 4.67. The van der Waals surface area contributed by atoms with Crippen molar-refractivity contribution in [2.24, 2.45) is 0 Å². The summed E-state index contributed by atoms with van der Waals surface area (Å²) >= 11 is 0. The number of ether oxygens (including phenoxy) is 1. The Morgan fingerprint density at radius 1 is 1.27 bits per heavy atom. The van der Waals surface area contributed by atoms with Gasteiger partial charge in [0.25, 0.3) is 0 Å². The zero-order chi connectivity index (χ0) is 23.0. The van der Waals surface area contributed by atoms with Crippen LogP contribution in [0.2, 0.25) is 0 Å². The van der Waals surface area contributed by atoms with Gasteiger partial charge in [-0.15, -0.1) is 5.10 Å². The Morgan fingerprint density at radius 2 is 2.15 bits per heavy atom. The Labute approximate surface area is 192 Å². The van der Waals surface area contributed by atoms with Crippen LogP contribution >= 0.6 is 0 Å². The average molecular weight is 470 g/mol. The molecule has 1 aliphatic rings. The molecular formula is C23H27N5O4S. The summed E-state index contributed by atoms with van der Waals surface area (Å²) < 4.78 is 36.2. The number of nitrogens with zero attached hydrogens (tertiary/aromatic N) is 4. The van der Waals surface area contributed by atoms with Crippen LogP contribution in [0.15, 0.2) is 47.0 Å². The molecule has 4 aromatic rings. The number of piperazine rings is 1. The summed E-state index contributed by atoms with van der Waals surface area (Å²) in [4.78, 5) is 6.83. The lowest BCUT2D eigenvalue weighted by Crippen LogP contribution is -2.49. The monoisotopic (exact) mass is 469 g/mol. The summed E-state index contributed by atoms with van der Waals surface area (Å²) in [6, 6.07) is 12.2. The van der Waals surface area contributed by atoms with Gasteiger partial charge in [-0.2, -0.15) is 0 Å². The summed E-state index contributed by atoms with van der Waals surface area (Å²) in [6.45, 7) is 5.30. The fourth-order valence-corrected chi connectivity index (χ4v) is 4.84. The number of hydrogen-bond acceptors (Lipinski definition) is 8. The lowest BCUT2D eigenvalue weighted by atomic mass is 10.1. The predicted molar refractivity (Wildman–Crippen MR) is 128 cm³/mol. The van der Waals surface area contributed by atoms with Gasteiger partial charge in [-0.3, -0.25) is 0 Å². The third-order valence-corrected chi connectivity index (χ3v) is 6.78. The number of sulfone groups is 1. The van der Waals surface area contributed by atoms with Crippen molar-refractivity contribution in [2.45, 2.75) is 19.4 Å². The number of hydrogen-bond donors (Lipinski definition) is 1. The van der Waals surface area contributed by atoms with E-state index in [0.717, 1.165) is 42.0 Å². The van der Waals surface area contributed by atoms with Crippen LogP contribution in [0, 0.1) is 0 Å². The number of fused-ring (bicyclic) bond motifs is 2. The van der Waals surface area contributed by atoms with Crippen molar-refractivity contribution >= 4 is 32.1 Å². The predicted octanol–water partition coefficient (Wildman–Crippen LogP) is 2.75. The second-order valence-electron chi connectivity index (χ2n) is 8.52. The Hall–Kier alpha value is -3.11. The molecule has 3 aromatic heterocycles. The molecule has 9 nitrogen and oxygen atoms in total. The van der Waals surface area contributed by atoms with Gasteiger partial charge in [0, 0.05) is 49.1 Å². The summed E-state index contributed by atoms with van der Waals surface area (Å²) in [6.07, 6.45) is 3.36. The standard InChI is InChI=1S/C23H27N5O4S/c1-16-15-27(10-9-24-16)18-5-3-6-20-17(18)13-21(32-20)19-14-25-22-7-8-23(26-28(19)22)31-11-4-12-33(2,29)30/h3,5-8,13-14,16,24H,4,9-12,15H2,1-2H3/t16-/m0/s1. The van der Waals surface area contributed by atoms with Gasteiger partial charge in [0.15, 0.2) is 11.4 Å². The first kappa shape index (κ1) is 21.7. The van der Waals surface area contributed by atoms with E-state index in [1.54, 1.807) is 16.8 Å². The van der Waals surface area contributed by atoms with E-state index in [0.29, 0.717) is 29.8 Å². The van der Waals surface area contributed by atoms with Gasteiger partial charge >= 0.3 is 0 Å². The fraction of sp³-hybridized carbons (Fsp3) is 0.391. The molecule has 10 heteroatoms. The molecule has 1 saturated heterocycles. The first-order valence-electron chi connectivity index (χ1n) is 11.0. The van der Waals surface area contributed by atoms with Gasteiger partial charge in [-0.1, -0.05) is 6.07 Å². The van der Waals surface area contributed by atoms with Gasteiger partial charge in [0.05, 0.1) is 18.6 Å². The highest BCUT2D eigenvalue weighted by Crippen LogP contribution is 2.34. The van der Waals surface area contributed by atoms with Gasteiger partial charge in [0.2, 0.25) is 5.88 Å². The molecule has 1 atom stereocenters. The molecule has 1 N–H and O–H groups in total. The molecule has 0 aliphatic carbocycles. The average Bonchev–Trinajstić information content (AvgIpc) is 3.39. The maximum Gasteiger partial charge on any atom is 0.231 e. The lowest BCUT2D eigenvalue weighted by Gasteiger charge is -2.33. The molecule has 0 spiro atoms. The molecule has 0 unspecified atom stereocenters. The lowest BCUT2D eigenvalue weighted by molar-refractivity contribution is 0.301. The van der Waals surface area contributed by atoms with E-state index in [1.807, 2.05) is 24.3 Å². The Balaban J connectivity index is 1.44. The molecular weight excluding hydrogens is 442 g/mol. The van der Waals surface area contributed by atoms with E-state index >= 15 is 0 Å². The van der Waals surface area contributed by atoms with Crippen molar-refractivity contribution in [2.75, 3.05) is 43.1 Å². The topological polar surface area (TPSA) is 102 Å². The molecule has 0 radical (unpaired) electrons. The first-order chi connectivity index (χ1) is 15.9. The summed E-state index contributed by atoms with van der Waals surface area (Å²) in [5, 5.41) is 9.08. The van der Waals surface area contributed by atoms with E-state index in [1.165, 1.54) is 6.26 Å². The maximum absolute atomic E-state index is 11.3. The first-order valence-corrected chi connectivity index (χ1v) is 13.1. The molecule has 4 heterocycles. The summed E-state index contributed by atoms with van der Waals surface area (Å²) in [5.74, 6) is 1.16. The number of nitrogens with one attached hydrogen (secondary N) is 1. The molecule has 0 saturated carbocycles. The maximum atomic E-state index is 11.3. The van der Waals surface area contributed by atoms with E-state index in [-0.39, 0.29) is 12.4 Å². The van der Waals surface area contributed by atoms with Crippen molar-refractivity contribution in [1.29, 1.82) is 0 Å². The van der Waals surface area contributed by atoms with Gasteiger partial charge in [-0.25, -0.2) is 17.9 Å². The molecule has 1 fully saturated rings. The highest BCUT2D eigenvalue weighted by molar-refractivity contribution is 7.90.